The smallest absolute Gasteiger partial charge is 0.228 e. The molecule has 0 unspecified atom stereocenters. The number of furan rings is 1. The molecule has 3 heterocycles. The van der Waals surface area contributed by atoms with Crippen LogP contribution in [0, 0.1) is 13.8 Å². The number of aromatic nitrogens is 3. The molecule has 26 heavy (non-hydrogen) atoms. The van der Waals surface area contributed by atoms with E-state index in [9.17, 15) is 4.79 Å². The second-order valence-corrected chi connectivity index (χ2v) is 6.27. The number of benzene rings is 1. The molecule has 4 rings (SSSR count). The quantitative estimate of drug-likeness (QED) is 0.610. The Balaban J connectivity index is 1.48. The third kappa shape index (κ3) is 3.09. The van der Waals surface area contributed by atoms with Crippen LogP contribution in [0.25, 0.3) is 16.8 Å². The molecule has 3 aromatic heterocycles. The van der Waals surface area contributed by atoms with Gasteiger partial charge in [0.25, 0.3) is 0 Å². The highest BCUT2D eigenvalue weighted by Crippen LogP contribution is 2.25. The summed E-state index contributed by atoms with van der Waals surface area (Å²) in [6.45, 7) is 4.10. The molecule has 0 saturated carbocycles. The molecule has 1 N–H and O–H groups in total. The van der Waals surface area contributed by atoms with Crippen molar-refractivity contribution in [2.45, 2.75) is 20.3 Å². The maximum atomic E-state index is 12.4. The van der Waals surface area contributed by atoms with Crippen LogP contribution in [0.1, 0.15) is 16.7 Å². The average molecular weight is 346 g/mol. The van der Waals surface area contributed by atoms with Crippen LogP contribution in [0.15, 0.2) is 59.6 Å². The van der Waals surface area contributed by atoms with E-state index in [1.54, 1.807) is 23.3 Å². The molecular weight excluding hydrogens is 328 g/mol. The van der Waals surface area contributed by atoms with Crippen molar-refractivity contribution in [1.29, 1.82) is 0 Å². The van der Waals surface area contributed by atoms with Gasteiger partial charge in [0.2, 0.25) is 5.91 Å². The third-order valence-electron chi connectivity index (χ3n) is 4.39. The Morgan fingerprint density at radius 2 is 2.08 bits per heavy atom. The summed E-state index contributed by atoms with van der Waals surface area (Å²) in [5.74, 6) is 0.583. The van der Waals surface area contributed by atoms with Gasteiger partial charge in [-0.2, -0.15) is 5.10 Å². The lowest BCUT2D eigenvalue weighted by molar-refractivity contribution is -0.115. The molecule has 6 heteroatoms. The van der Waals surface area contributed by atoms with E-state index in [0.29, 0.717) is 11.5 Å². The Morgan fingerprint density at radius 1 is 1.23 bits per heavy atom. The van der Waals surface area contributed by atoms with E-state index in [2.05, 4.69) is 28.4 Å². The first-order valence-electron chi connectivity index (χ1n) is 8.33. The van der Waals surface area contributed by atoms with Crippen LogP contribution in [-0.2, 0) is 11.2 Å². The van der Waals surface area contributed by atoms with Crippen molar-refractivity contribution in [3.8, 4) is 5.82 Å². The first-order valence-corrected chi connectivity index (χ1v) is 8.33. The molecule has 6 nitrogen and oxygen atoms in total. The molecule has 0 aliphatic carbocycles. The summed E-state index contributed by atoms with van der Waals surface area (Å²) in [5, 5.41) is 7.98. The molecule has 1 aromatic carbocycles. The number of pyridine rings is 1. The highest BCUT2D eigenvalue weighted by molar-refractivity contribution is 5.95. The van der Waals surface area contributed by atoms with E-state index in [1.807, 2.05) is 37.4 Å². The number of hydrogen-bond acceptors (Lipinski definition) is 4. The number of aryl methyl sites for hydroxylation is 2. The minimum atomic E-state index is -0.112. The van der Waals surface area contributed by atoms with Gasteiger partial charge in [0.15, 0.2) is 5.82 Å². The Morgan fingerprint density at radius 3 is 2.81 bits per heavy atom. The van der Waals surface area contributed by atoms with E-state index < -0.39 is 0 Å². The normalized spacial score (nSPS) is 11.0. The number of fused-ring (bicyclic) bond motifs is 1. The van der Waals surface area contributed by atoms with Crippen LogP contribution in [0.2, 0.25) is 0 Å². The maximum absolute atomic E-state index is 12.4. The number of amides is 1. The van der Waals surface area contributed by atoms with Gasteiger partial charge in [0, 0.05) is 23.3 Å². The van der Waals surface area contributed by atoms with Gasteiger partial charge in [0.05, 0.1) is 24.6 Å². The summed E-state index contributed by atoms with van der Waals surface area (Å²) < 4.78 is 7.25. The van der Waals surface area contributed by atoms with Gasteiger partial charge in [-0.1, -0.05) is 0 Å². The first-order chi connectivity index (χ1) is 12.6. The number of anilines is 1. The fraction of sp³-hybridized carbons (Fsp3) is 0.150. The standard InChI is InChI=1S/C20H18N4O2/c1-13-8-17-15(12-26-18(17)9-14(13)2)10-20(25)23-16-4-5-19(21-11-16)24-7-3-6-22-24/h3-9,11-12H,10H2,1-2H3,(H,23,25). The number of carbonyl (C=O) groups excluding carboxylic acids is 1. The van der Waals surface area contributed by atoms with Crippen molar-refractivity contribution in [2.24, 2.45) is 0 Å². The maximum Gasteiger partial charge on any atom is 0.228 e. The van der Waals surface area contributed by atoms with Crippen LogP contribution < -0.4 is 5.32 Å². The van der Waals surface area contributed by atoms with E-state index in [1.165, 1.54) is 11.1 Å². The second kappa shape index (κ2) is 6.48. The van der Waals surface area contributed by atoms with Crippen LogP contribution in [0.3, 0.4) is 0 Å². The second-order valence-electron chi connectivity index (χ2n) is 6.27. The molecule has 0 aliphatic heterocycles. The number of nitrogens with one attached hydrogen (secondary N) is 1. The van der Waals surface area contributed by atoms with Crippen molar-refractivity contribution in [3.63, 3.8) is 0 Å². The topological polar surface area (TPSA) is 73.0 Å². The Bertz CT molecular complexity index is 1060. The highest BCUT2D eigenvalue weighted by atomic mass is 16.3. The summed E-state index contributed by atoms with van der Waals surface area (Å²) in [4.78, 5) is 16.7. The predicted molar refractivity (Wildman–Crippen MR) is 99.4 cm³/mol. The van der Waals surface area contributed by atoms with Crippen molar-refractivity contribution >= 4 is 22.6 Å². The minimum absolute atomic E-state index is 0.112. The largest absolute Gasteiger partial charge is 0.464 e. The van der Waals surface area contributed by atoms with E-state index in [0.717, 1.165) is 16.5 Å². The highest BCUT2D eigenvalue weighted by Gasteiger charge is 2.12. The van der Waals surface area contributed by atoms with Gasteiger partial charge in [0.1, 0.15) is 5.58 Å². The van der Waals surface area contributed by atoms with Crippen molar-refractivity contribution < 1.29 is 9.21 Å². The molecule has 4 aromatic rings. The molecule has 1 amide bonds. The molecule has 0 saturated heterocycles. The fourth-order valence-corrected chi connectivity index (χ4v) is 2.85. The van der Waals surface area contributed by atoms with Gasteiger partial charge in [-0.25, -0.2) is 9.67 Å². The molecule has 0 atom stereocenters. The number of carbonyl (C=O) groups is 1. The predicted octanol–water partition coefficient (Wildman–Crippen LogP) is 3.81. The molecular formula is C20H18N4O2. The number of rotatable bonds is 4. The van der Waals surface area contributed by atoms with Crippen LogP contribution in [-0.4, -0.2) is 20.7 Å². The van der Waals surface area contributed by atoms with Crippen molar-refractivity contribution in [1.82, 2.24) is 14.8 Å². The average Bonchev–Trinajstić information content (AvgIpc) is 3.27. The van der Waals surface area contributed by atoms with Gasteiger partial charge >= 0.3 is 0 Å². The summed E-state index contributed by atoms with van der Waals surface area (Å²) in [6.07, 6.45) is 7.03. The SMILES string of the molecule is Cc1cc2occ(CC(=O)Nc3ccc(-n4cccn4)nc3)c2cc1C. The fourth-order valence-electron chi connectivity index (χ4n) is 2.85. The zero-order chi connectivity index (χ0) is 18.1. The summed E-state index contributed by atoms with van der Waals surface area (Å²) >= 11 is 0. The van der Waals surface area contributed by atoms with Gasteiger partial charge in [-0.3, -0.25) is 4.79 Å². The summed E-state index contributed by atoms with van der Waals surface area (Å²) in [7, 11) is 0. The van der Waals surface area contributed by atoms with Crippen LogP contribution >= 0.6 is 0 Å². The van der Waals surface area contributed by atoms with E-state index >= 15 is 0 Å². The molecule has 0 radical (unpaired) electrons. The lowest BCUT2D eigenvalue weighted by atomic mass is 10.0. The molecule has 0 aliphatic rings. The minimum Gasteiger partial charge on any atom is -0.464 e. The first kappa shape index (κ1) is 16.1. The Kier molecular flexibility index (Phi) is 4.01. The lowest BCUT2D eigenvalue weighted by Gasteiger charge is -2.06. The zero-order valence-corrected chi connectivity index (χ0v) is 14.6. The Hall–Kier alpha value is -3.41. The van der Waals surface area contributed by atoms with Crippen LogP contribution in [0.5, 0.6) is 0 Å². The van der Waals surface area contributed by atoms with E-state index in [4.69, 9.17) is 4.42 Å². The molecule has 0 fully saturated rings. The lowest BCUT2D eigenvalue weighted by Crippen LogP contribution is -2.14. The molecule has 130 valence electrons. The van der Waals surface area contributed by atoms with Gasteiger partial charge in [-0.05, 0) is 55.3 Å². The number of hydrogen-bond donors (Lipinski definition) is 1. The monoisotopic (exact) mass is 346 g/mol. The Labute approximate surface area is 150 Å². The van der Waals surface area contributed by atoms with Gasteiger partial charge < -0.3 is 9.73 Å². The zero-order valence-electron chi connectivity index (χ0n) is 14.6. The van der Waals surface area contributed by atoms with Gasteiger partial charge in [-0.15, -0.1) is 0 Å². The molecule has 0 bridgehead atoms. The van der Waals surface area contributed by atoms with Crippen molar-refractivity contribution in [2.75, 3.05) is 5.32 Å². The summed E-state index contributed by atoms with van der Waals surface area (Å²) in [5.41, 5.74) is 4.68. The third-order valence-corrected chi connectivity index (χ3v) is 4.39. The van der Waals surface area contributed by atoms with E-state index in [-0.39, 0.29) is 12.3 Å². The number of nitrogens with zero attached hydrogens (tertiary/aromatic N) is 3. The van der Waals surface area contributed by atoms with Crippen molar-refractivity contribution in [3.05, 3.63) is 71.9 Å². The molecule has 0 spiro atoms. The van der Waals surface area contributed by atoms with Crippen LogP contribution in [0.4, 0.5) is 5.69 Å². The summed E-state index contributed by atoms with van der Waals surface area (Å²) in [6, 6.07) is 9.52.